The predicted molar refractivity (Wildman–Crippen MR) is 139 cm³/mol. The Morgan fingerprint density at radius 1 is 1.29 bits per heavy atom. The number of carbonyl (C=O) groups is 1. The van der Waals surface area contributed by atoms with Crippen molar-refractivity contribution in [3.05, 3.63) is 24.2 Å². The molecule has 0 spiro atoms. The lowest BCUT2D eigenvalue weighted by molar-refractivity contribution is -0.140. The fraction of sp³-hybridized carbons (Fsp3) is 0.640. The van der Waals surface area contributed by atoms with Crippen LogP contribution in [0.25, 0.3) is 0 Å². The van der Waals surface area contributed by atoms with Gasteiger partial charge in [0.1, 0.15) is 16.9 Å². The molecule has 1 heterocycles. The van der Waals surface area contributed by atoms with Crippen LogP contribution in [0.4, 0.5) is 10.1 Å². The van der Waals surface area contributed by atoms with Gasteiger partial charge in [0, 0.05) is 32.2 Å². The summed E-state index contributed by atoms with van der Waals surface area (Å²) >= 11 is 1.36. The number of thioether (sulfide) groups is 1. The first kappa shape index (κ1) is 29.5. The molecule has 0 aliphatic carbocycles. The molecule has 0 aromatic heterocycles. The molecule has 1 aromatic carbocycles. The monoisotopic (exact) mass is 530 g/mol. The zero-order chi connectivity index (χ0) is 26.4. The van der Waals surface area contributed by atoms with Gasteiger partial charge in [-0.1, -0.05) is 40.5 Å². The maximum absolute atomic E-state index is 14.1. The van der Waals surface area contributed by atoms with Gasteiger partial charge in [-0.25, -0.2) is 13.2 Å². The molecular formula is C25H39FN2O5S2. The number of esters is 1. The second kappa shape index (κ2) is 12.5. The van der Waals surface area contributed by atoms with E-state index in [0.29, 0.717) is 29.9 Å². The van der Waals surface area contributed by atoms with Gasteiger partial charge in [-0.15, -0.1) is 11.8 Å². The zero-order valence-electron chi connectivity index (χ0n) is 21.9. The maximum Gasteiger partial charge on any atom is 0.370 e. The topological polar surface area (TPSA) is 76.1 Å². The number of sulfonamides is 1. The minimum absolute atomic E-state index is 0.0309. The molecule has 0 fully saturated rings. The van der Waals surface area contributed by atoms with Crippen LogP contribution in [0.15, 0.2) is 34.0 Å². The third-order valence-electron chi connectivity index (χ3n) is 5.97. The summed E-state index contributed by atoms with van der Waals surface area (Å²) in [5.41, 5.74) is 0.698. The quantitative estimate of drug-likeness (QED) is 0.169. The van der Waals surface area contributed by atoms with Crippen molar-refractivity contribution in [3.8, 4) is 5.75 Å². The van der Waals surface area contributed by atoms with E-state index in [1.165, 1.54) is 22.1 Å². The van der Waals surface area contributed by atoms with Gasteiger partial charge < -0.3 is 14.4 Å². The second-order valence-electron chi connectivity index (χ2n) is 9.85. The van der Waals surface area contributed by atoms with Crippen LogP contribution in [0.3, 0.4) is 0 Å². The lowest BCUT2D eigenvalue weighted by atomic mass is 9.92. The summed E-state index contributed by atoms with van der Waals surface area (Å²) in [6.45, 7) is 11.5. The van der Waals surface area contributed by atoms with Crippen LogP contribution < -0.4 is 9.64 Å². The Labute approximate surface area is 214 Å². The lowest BCUT2D eigenvalue weighted by Crippen LogP contribution is -2.42. The van der Waals surface area contributed by atoms with Crippen molar-refractivity contribution >= 4 is 33.4 Å². The largest absolute Gasteiger partial charge is 0.461 e. The molecule has 198 valence electrons. The molecule has 1 aliphatic heterocycles. The SMILES string of the molecule is CCCC[C@@H]1CN(CCC(C)(C)C)c2cc(SC)c(O/C=C(\F)C(=O)OCC)cc2S(=O)(=O)N1C. The first-order chi connectivity index (χ1) is 16.3. The molecule has 10 heteroatoms. The summed E-state index contributed by atoms with van der Waals surface area (Å²) < 4.78 is 53.1. The molecule has 0 saturated carbocycles. The molecule has 1 aromatic rings. The van der Waals surface area contributed by atoms with Crippen LogP contribution >= 0.6 is 11.8 Å². The number of rotatable bonds is 10. The van der Waals surface area contributed by atoms with Gasteiger partial charge in [0.05, 0.1) is 17.2 Å². The van der Waals surface area contributed by atoms with E-state index in [9.17, 15) is 17.6 Å². The van der Waals surface area contributed by atoms with Gasteiger partial charge in [0.15, 0.2) is 0 Å². The van der Waals surface area contributed by atoms with Crippen LogP contribution in [0.1, 0.15) is 60.3 Å². The molecule has 35 heavy (non-hydrogen) atoms. The number of ether oxygens (including phenoxy) is 2. The van der Waals surface area contributed by atoms with E-state index in [-0.39, 0.29) is 28.7 Å². The number of hydrogen-bond donors (Lipinski definition) is 0. The minimum Gasteiger partial charge on any atom is -0.461 e. The molecule has 2 rings (SSSR count). The molecule has 0 radical (unpaired) electrons. The number of hydrogen-bond acceptors (Lipinski definition) is 7. The first-order valence-corrected chi connectivity index (χ1v) is 14.7. The highest BCUT2D eigenvalue weighted by molar-refractivity contribution is 7.98. The van der Waals surface area contributed by atoms with Crippen LogP contribution in [-0.2, 0) is 19.6 Å². The van der Waals surface area contributed by atoms with Gasteiger partial charge >= 0.3 is 5.97 Å². The van der Waals surface area contributed by atoms with Crippen molar-refractivity contribution in [3.63, 3.8) is 0 Å². The Hall–Kier alpha value is -1.78. The van der Waals surface area contributed by atoms with E-state index in [4.69, 9.17) is 4.74 Å². The average Bonchev–Trinajstić information content (AvgIpc) is 2.87. The molecule has 0 saturated heterocycles. The summed E-state index contributed by atoms with van der Waals surface area (Å²) in [6.07, 6.45) is 6.05. The highest BCUT2D eigenvalue weighted by atomic mass is 32.2. The number of anilines is 1. The van der Waals surface area contributed by atoms with Crippen molar-refractivity contribution < 1.29 is 27.1 Å². The Morgan fingerprint density at radius 3 is 2.54 bits per heavy atom. The normalized spacial score (nSPS) is 18.7. The molecule has 1 aliphatic rings. The van der Waals surface area contributed by atoms with Crippen molar-refractivity contribution in [1.82, 2.24) is 4.31 Å². The highest BCUT2D eigenvalue weighted by Gasteiger charge is 2.37. The fourth-order valence-electron chi connectivity index (χ4n) is 3.81. The summed E-state index contributed by atoms with van der Waals surface area (Å²) in [5, 5.41) is 0. The average molecular weight is 531 g/mol. The lowest BCUT2D eigenvalue weighted by Gasteiger charge is -2.31. The van der Waals surface area contributed by atoms with Gasteiger partial charge in [0.2, 0.25) is 15.9 Å². The summed E-state index contributed by atoms with van der Waals surface area (Å²) in [4.78, 5) is 14.5. The summed E-state index contributed by atoms with van der Waals surface area (Å²) in [5.74, 6) is -2.16. The number of halogens is 1. The van der Waals surface area contributed by atoms with Gasteiger partial charge in [-0.05, 0) is 37.5 Å². The molecule has 0 unspecified atom stereocenters. The van der Waals surface area contributed by atoms with Gasteiger partial charge in [-0.2, -0.15) is 8.70 Å². The molecule has 0 amide bonds. The summed E-state index contributed by atoms with van der Waals surface area (Å²) in [7, 11) is -2.22. The van der Waals surface area contributed by atoms with Crippen LogP contribution in [0, 0.1) is 5.41 Å². The third-order valence-corrected chi connectivity index (χ3v) is 8.67. The van der Waals surface area contributed by atoms with Crippen molar-refractivity contribution in [2.45, 2.75) is 76.1 Å². The van der Waals surface area contributed by atoms with Gasteiger partial charge in [-0.3, -0.25) is 0 Å². The Kier molecular flexibility index (Phi) is 10.5. The summed E-state index contributed by atoms with van der Waals surface area (Å²) in [6, 6.07) is 3.06. The Bertz CT molecular complexity index is 1020. The van der Waals surface area contributed by atoms with E-state index in [0.717, 1.165) is 25.7 Å². The number of unbranched alkanes of at least 4 members (excludes halogenated alkanes) is 1. The number of carbonyl (C=O) groups excluding carboxylic acids is 1. The number of benzene rings is 1. The van der Waals surface area contributed by atoms with E-state index >= 15 is 0 Å². The second-order valence-corrected chi connectivity index (χ2v) is 12.7. The Morgan fingerprint density at radius 2 is 1.97 bits per heavy atom. The number of nitrogens with zero attached hydrogens (tertiary/aromatic N) is 2. The van der Waals surface area contributed by atoms with Gasteiger partial charge in [0.25, 0.3) is 0 Å². The fourth-order valence-corrected chi connectivity index (χ4v) is 5.93. The molecule has 0 N–H and O–H groups in total. The van der Waals surface area contributed by atoms with E-state index in [1.54, 1.807) is 20.0 Å². The Balaban J connectivity index is 2.59. The van der Waals surface area contributed by atoms with Crippen molar-refractivity contribution in [1.29, 1.82) is 0 Å². The van der Waals surface area contributed by atoms with Crippen molar-refractivity contribution in [2.75, 3.05) is 37.9 Å². The molecule has 7 nitrogen and oxygen atoms in total. The van der Waals surface area contributed by atoms with Crippen molar-refractivity contribution in [2.24, 2.45) is 5.41 Å². The first-order valence-electron chi connectivity index (χ1n) is 12.0. The van der Waals surface area contributed by atoms with Crippen LogP contribution in [0.2, 0.25) is 0 Å². The molecular weight excluding hydrogens is 491 g/mol. The number of fused-ring (bicyclic) bond motifs is 1. The predicted octanol–water partition coefficient (Wildman–Crippen LogP) is 5.60. The van der Waals surface area contributed by atoms with E-state index in [2.05, 4.69) is 37.3 Å². The number of likely N-dealkylation sites (N-methyl/N-ethyl adjacent to an activating group) is 1. The maximum atomic E-state index is 14.1. The van der Waals surface area contributed by atoms with E-state index < -0.39 is 21.8 Å². The minimum atomic E-state index is -3.84. The zero-order valence-corrected chi connectivity index (χ0v) is 23.5. The molecule has 0 bridgehead atoms. The highest BCUT2D eigenvalue weighted by Crippen LogP contribution is 2.41. The standard InChI is InChI=1S/C25H39FN2O5S2/c1-8-10-11-18-16-28(13-12-25(3,4)5)20-14-22(34-7)21(15-23(20)35(30,31)27(18)6)33-17-19(26)24(29)32-9-2/h14-15,17-18H,8-13,16H2,1-7H3/b19-17-/t18-/m1/s1. The molecule has 1 atom stereocenters. The van der Waals surface area contributed by atoms with Crippen LogP contribution in [0.5, 0.6) is 5.75 Å². The van der Waals surface area contributed by atoms with Crippen LogP contribution in [-0.4, -0.2) is 57.7 Å². The smallest absolute Gasteiger partial charge is 0.370 e. The van der Waals surface area contributed by atoms with E-state index in [1.807, 2.05) is 6.26 Å². The third kappa shape index (κ3) is 7.60.